The summed E-state index contributed by atoms with van der Waals surface area (Å²) in [5.41, 5.74) is -0.173. The zero-order valence-electron chi connectivity index (χ0n) is 14.9. The summed E-state index contributed by atoms with van der Waals surface area (Å²) in [6.45, 7) is 0.0407. The Hall–Kier alpha value is -4.14. The number of nitrogens with one attached hydrogen (secondary N) is 1. The molecule has 0 bridgehead atoms. The van der Waals surface area contributed by atoms with Gasteiger partial charge in [-0.15, -0.1) is 0 Å². The van der Waals surface area contributed by atoms with Gasteiger partial charge in [-0.3, -0.25) is 14.2 Å². The molecule has 0 aliphatic carbocycles. The average Bonchev–Trinajstić information content (AvgIpc) is 3.19. The molecule has 0 fully saturated rings. The number of anilines is 1. The fourth-order valence-corrected chi connectivity index (χ4v) is 2.99. The normalized spacial score (nSPS) is 13.0. The summed E-state index contributed by atoms with van der Waals surface area (Å²) >= 11 is 0. The van der Waals surface area contributed by atoms with E-state index in [1.807, 2.05) is 0 Å². The van der Waals surface area contributed by atoms with E-state index in [0.717, 1.165) is 10.9 Å². The van der Waals surface area contributed by atoms with Crippen molar-refractivity contribution in [1.82, 2.24) is 9.55 Å². The minimum absolute atomic E-state index is 0.0407. The molecule has 1 amide bonds. The summed E-state index contributed by atoms with van der Waals surface area (Å²) in [5.74, 6) is -0.882. The van der Waals surface area contributed by atoms with E-state index in [9.17, 15) is 19.5 Å². The third-order valence-electron chi connectivity index (χ3n) is 4.37. The van der Waals surface area contributed by atoms with Crippen LogP contribution in [0.25, 0.3) is 0 Å². The van der Waals surface area contributed by atoms with Crippen LogP contribution in [-0.4, -0.2) is 33.3 Å². The number of carboxylic acids is 1. The highest BCUT2D eigenvalue weighted by Gasteiger charge is 2.27. The first-order chi connectivity index (χ1) is 14.0. The Labute approximate surface area is 164 Å². The fourth-order valence-electron chi connectivity index (χ4n) is 2.99. The van der Waals surface area contributed by atoms with Crippen LogP contribution in [0.5, 0.6) is 11.5 Å². The topological polar surface area (TPSA) is 120 Å². The van der Waals surface area contributed by atoms with E-state index in [-0.39, 0.29) is 12.5 Å². The number of fused-ring (bicyclic) bond motifs is 1. The highest BCUT2D eigenvalue weighted by molar-refractivity contribution is 6.04. The van der Waals surface area contributed by atoms with Crippen LogP contribution in [0.3, 0.4) is 0 Å². The van der Waals surface area contributed by atoms with Crippen molar-refractivity contribution in [1.29, 1.82) is 0 Å². The van der Waals surface area contributed by atoms with Crippen LogP contribution in [0.4, 0.5) is 5.69 Å². The molecule has 1 aliphatic heterocycles. The lowest BCUT2D eigenvalue weighted by Gasteiger charge is -2.17. The summed E-state index contributed by atoms with van der Waals surface area (Å²) in [7, 11) is 0. The number of nitrogens with zero attached hydrogens (tertiary/aromatic N) is 2. The van der Waals surface area contributed by atoms with E-state index in [4.69, 9.17) is 9.47 Å². The summed E-state index contributed by atoms with van der Waals surface area (Å²) in [6.07, 6.45) is 2.29. The standard InChI is InChI=1S/C20H15N3O6/c24-18(12-4-2-1-3-5-12)22-14-9-21-10-23(19(14)25)17(20(26)27)13-6-7-15-16(8-13)29-11-28-15/h1-10,17H,11H2,(H,22,24)(H,26,27). The van der Waals surface area contributed by atoms with Gasteiger partial charge in [0.05, 0.1) is 12.5 Å². The number of amides is 1. The molecule has 1 unspecified atom stereocenters. The predicted octanol–water partition coefficient (Wildman–Crippen LogP) is 1.90. The Morgan fingerprint density at radius 2 is 1.86 bits per heavy atom. The van der Waals surface area contributed by atoms with Crippen LogP contribution in [0.15, 0.2) is 65.8 Å². The molecule has 1 atom stereocenters. The van der Waals surface area contributed by atoms with E-state index >= 15 is 0 Å². The van der Waals surface area contributed by atoms with E-state index < -0.39 is 23.5 Å². The van der Waals surface area contributed by atoms with Crippen molar-refractivity contribution in [3.63, 3.8) is 0 Å². The molecule has 29 heavy (non-hydrogen) atoms. The van der Waals surface area contributed by atoms with E-state index in [1.54, 1.807) is 36.4 Å². The monoisotopic (exact) mass is 393 g/mol. The molecule has 0 radical (unpaired) electrons. The molecule has 0 spiro atoms. The number of aromatic nitrogens is 2. The second-order valence-corrected chi connectivity index (χ2v) is 6.19. The van der Waals surface area contributed by atoms with E-state index in [1.165, 1.54) is 18.3 Å². The molecule has 1 aromatic heterocycles. The van der Waals surface area contributed by atoms with Crippen LogP contribution < -0.4 is 20.3 Å². The van der Waals surface area contributed by atoms with Crippen LogP contribution in [-0.2, 0) is 4.79 Å². The Bertz CT molecular complexity index is 1140. The maximum absolute atomic E-state index is 12.9. The molecule has 2 heterocycles. The van der Waals surface area contributed by atoms with Crippen LogP contribution >= 0.6 is 0 Å². The van der Waals surface area contributed by atoms with Crippen molar-refractivity contribution >= 4 is 17.6 Å². The molecular weight excluding hydrogens is 378 g/mol. The maximum atomic E-state index is 12.9. The van der Waals surface area contributed by atoms with Gasteiger partial charge in [-0.05, 0) is 29.8 Å². The van der Waals surface area contributed by atoms with Crippen molar-refractivity contribution in [2.75, 3.05) is 12.1 Å². The lowest BCUT2D eigenvalue weighted by molar-refractivity contribution is -0.139. The number of carbonyl (C=O) groups is 2. The zero-order valence-corrected chi connectivity index (χ0v) is 14.9. The van der Waals surface area contributed by atoms with Crippen molar-refractivity contribution < 1.29 is 24.2 Å². The Morgan fingerprint density at radius 1 is 1.10 bits per heavy atom. The van der Waals surface area contributed by atoms with Gasteiger partial charge in [0.15, 0.2) is 17.5 Å². The second-order valence-electron chi connectivity index (χ2n) is 6.19. The summed E-state index contributed by atoms with van der Waals surface area (Å²) in [4.78, 5) is 41.1. The predicted molar refractivity (Wildman–Crippen MR) is 101 cm³/mol. The molecule has 1 aliphatic rings. The number of hydrogen-bond acceptors (Lipinski definition) is 6. The van der Waals surface area contributed by atoms with Crippen LogP contribution in [0.2, 0.25) is 0 Å². The molecule has 3 aromatic rings. The highest BCUT2D eigenvalue weighted by Crippen LogP contribution is 2.34. The fraction of sp³-hybridized carbons (Fsp3) is 0.100. The van der Waals surface area contributed by atoms with Gasteiger partial charge in [0.25, 0.3) is 11.5 Å². The quantitative estimate of drug-likeness (QED) is 0.679. The summed E-state index contributed by atoms with van der Waals surface area (Å²) < 4.78 is 11.5. The van der Waals surface area contributed by atoms with Crippen molar-refractivity contribution in [3.8, 4) is 11.5 Å². The van der Waals surface area contributed by atoms with E-state index in [0.29, 0.717) is 22.6 Å². The van der Waals surface area contributed by atoms with Gasteiger partial charge < -0.3 is 19.9 Å². The minimum Gasteiger partial charge on any atom is -0.479 e. The molecule has 0 saturated heterocycles. The minimum atomic E-state index is -1.36. The Kier molecular flexibility index (Phi) is 4.70. The second kappa shape index (κ2) is 7.47. The average molecular weight is 393 g/mol. The number of rotatable bonds is 5. The Morgan fingerprint density at radius 3 is 2.62 bits per heavy atom. The van der Waals surface area contributed by atoms with Crippen molar-refractivity contribution in [3.05, 3.63) is 82.5 Å². The number of carboxylic acid groups (broad SMARTS) is 1. The molecule has 9 nitrogen and oxygen atoms in total. The number of carbonyl (C=O) groups excluding carboxylic acids is 1. The molecule has 0 saturated carbocycles. The molecular formula is C20H15N3O6. The maximum Gasteiger partial charge on any atom is 0.331 e. The van der Waals surface area contributed by atoms with Gasteiger partial charge in [-0.1, -0.05) is 24.3 Å². The molecule has 146 valence electrons. The lowest BCUT2D eigenvalue weighted by atomic mass is 10.1. The van der Waals surface area contributed by atoms with Gasteiger partial charge in [0.2, 0.25) is 6.79 Å². The van der Waals surface area contributed by atoms with E-state index in [2.05, 4.69) is 10.3 Å². The van der Waals surface area contributed by atoms with Gasteiger partial charge in [-0.25, -0.2) is 9.78 Å². The number of ether oxygens (including phenoxy) is 2. The summed E-state index contributed by atoms with van der Waals surface area (Å²) in [6, 6.07) is 11.6. The van der Waals surface area contributed by atoms with Crippen molar-refractivity contribution in [2.45, 2.75) is 6.04 Å². The zero-order chi connectivity index (χ0) is 20.4. The van der Waals surface area contributed by atoms with Crippen LogP contribution in [0.1, 0.15) is 22.0 Å². The SMILES string of the molecule is O=C(Nc1cncn(C(C(=O)O)c2ccc3c(c2)OCO3)c1=O)c1ccccc1. The highest BCUT2D eigenvalue weighted by atomic mass is 16.7. The smallest absolute Gasteiger partial charge is 0.331 e. The molecule has 2 N–H and O–H groups in total. The third kappa shape index (κ3) is 3.53. The molecule has 9 heteroatoms. The number of aliphatic carboxylic acids is 1. The Balaban J connectivity index is 1.70. The molecule has 4 rings (SSSR count). The van der Waals surface area contributed by atoms with Crippen LogP contribution in [0, 0.1) is 0 Å². The summed E-state index contributed by atoms with van der Waals surface area (Å²) in [5, 5.41) is 12.2. The first-order valence-corrected chi connectivity index (χ1v) is 8.59. The number of benzene rings is 2. The van der Waals surface area contributed by atoms with Gasteiger partial charge in [0, 0.05) is 5.56 Å². The lowest BCUT2D eigenvalue weighted by Crippen LogP contribution is -2.33. The van der Waals surface area contributed by atoms with Gasteiger partial charge in [0.1, 0.15) is 5.69 Å². The van der Waals surface area contributed by atoms with Gasteiger partial charge >= 0.3 is 5.97 Å². The largest absolute Gasteiger partial charge is 0.479 e. The third-order valence-corrected chi connectivity index (χ3v) is 4.37. The molecule has 2 aromatic carbocycles. The number of hydrogen-bond donors (Lipinski definition) is 2. The van der Waals surface area contributed by atoms with Gasteiger partial charge in [-0.2, -0.15) is 0 Å². The van der Waals surface area contributed by atoms with Crippen molar-refractivity contribution in [2.24, 2.45) is 0 Å². The first kappa shape index (κ1) is 18.2. The first-order valence-electron chi connectivity index (χ1n) is 8.59.